The quantitative estimate of drug-likeness (QED) is 0.766. The Bertz CT molecular complexity index is 1030. The number of rotatable bonds is 2. The van der Waals surface area contributed by atoms with Crippen molar-refractivity contribution in [3.63, 3.8) is 0 Å². The normalized spacial score (nSPS) is 18.3. The summed E-state index contributed by atoms with van der Waals surface area (Å²) < 4.78 is 18.7. The molecule has 1 atom stereocenters. The maximum atomic E-state index is 12.4. The first kappa shape index (κ1) is 15.1. The van der Waals surface area contributed by atoms with Crippen molar-refractivity contribution in [2.75, 3.05) is 13.9 Å². The summed E-state index contributed by atoms with van der Waals surface area (Å²) in [6.45, 7) is 0.604. The van der Waals surface area contributed by atoms with Crippen molar-refractivity contribution in [1.29, 1.82) is 0 Å². The predicted molar refractivity (Wildman–Crippen MR) is 92.6 cm³/mol. The molecule has 132 valence electrons. The van der Waals surface area contributed by atoms with Crippen molar-refractivity contribution >= 4 is 11.6 Å². The van der Waals surface area contributed by atoms with Crippen LogP contribution >= 0.6 is 0 Å². The van der Waals surface area contributed by atoms with E-state index in [-0.39, 0.29) is 18.6 Å². The van der Waals surface area contributed by atoms with Gasteiger partial charge in [-0.2, -0.15) is 0 Å². The van der Waals surface area contributed by atoms with Gasteiger partial charge in [-0.15, -0.1) is 0 Å². The summed E-state index contributed by atoms with van der Waals surface area (Å²) in [4.78, 5) is 17.1. The molecule has 1 amide bonds. The minimum Gasteiger partial charge on any atom is -0.496 e. The van der Waals surface area contributed by atoms with Gasteiger partial charge in [0.2, 0.25) is 12.7 Å². The van der Waals surface area contributed by atoms with Gasteiger partial charge in [-0.3, -0.25) is 4.79 Å². The van der Waals surface area contributed by atoms with E-state index in [1.807, 2.05) is 40.9 Å². The summed E-state index contributed by atoms with van der Waals surface area (Å²) in [6, 6.07) is 9.61. The minimum absolute atomic E-state index is 0.0163. The van der Waals surface area contributed by atoms with Crippen molar-refractivity contribution < 1.29 is 19.0 Å². The number of ether oxygens (including phenoxy) is 3. The molecule has 3 aromatic rings. The number of carbonyl (C=O) groups excluding carboxylic acids is 1. The van der Waals surface area contributed by atoms with E-state index in [1.54, 1.807) is 7.11 Å². The summed E-state index contributed by atoms with van der Waals surface area (Å²) in [5.41, 5.74) is 3.61. The van der Waals surface area contributed by atoms with Crippen LogP contribution in [0, 0.1) is 0 Å². The van der Waals surface area contributed by atoms with Crippen LogP contribution in [0.25, 0.3) is 5.65 Å². The van der Waals surface area contributed by atoms with Crippen LogP contribution in [0.15, 0.2) is 36.5 Å². The highest BCUT2D eigenvalue weighted by atomic mass is 16.7. The molecule has 0 unspecified atom stereocenters. The van der Waals surface area contributed by atoms with Crippen LogP contribution in [0.5, 0.6) is 17.2 Å². The second kappa shape index (κ2) is 5.66. The maximum Gasteiger partial charge on any atom is 0.231 e. The fourth-order valence-electron chi connectivity index (χ4n) is 3.74. The number of nitrogens with one attached hydrogen (secondary N) is 1. The number of amides is 1. The van der Waals surface area contributed by atoms with E-state index < -0.39 is 0 Å². The number of fused-ring (bicyclic) bond motifs is 4. The van der Waals surface area contributed by atoms with Crippen molar-refractivity contribution in [2.24, 2.45) is 0 Å². The molecule has 7 heteroatoms. The molecule has 2 aliphatic heterocycles. The van der Waals surface area contributed by atoms with Crippen LogP contribution in [-0.4, -0.2) is 29.2 Å². The largest absolute Gasteiger partial charge is 0.496 e. The highest BCUT2D eigenvalue weighted by molar-refractivity contribution is 5.79. The molecule has 0 fully saturated rings. The van der Waals surface area contributed by atoms with Gasteiger partial charge in [-0.05, 0) is 18.2 Å². The molecule has 0 saturated carbocycles. The topological polar surface area (TPSA) is 74.1 Å². The van der Waals surface area contributed by atoms with Crippen LogP contribution < -0.4 is 19.5 Å². The Morgan fingerprint density at radius 2 is 2.12 bits per heavy atom. The van der Waals surface area contributed by atoms with Crippen LogP contribution in [-0.2, 0) is 11.3 Å². The van der Waals surface area contributed by atoms with E-state index in [0.717, 1.165) is 22.6 Å². The van der Waals surface area contributed by atoms with E-state index in [4.69, 9.17) is 19.2 Å². The second-order valence-corrected chi connectivity index (χ2v) is 6.35. The van der Waals surface area contributed by atoms with Gasteiger partial charge in [0.05, 0.1) is 25.0 Å². The van der Waals surface area contributed by atoms with Crippen LogP contribution in [0.2, 0.25) is 0 Å². The number of carbonyl (C=O) groups is 1. The Labute approximate surface area is 149 Å². The number of methoxy groups -OCH3 is 1. The fourth-order valence-corrected chi connectivity index (χ4v) is 3.74. The van der Waals surface area contributed by atoms with E-state index in [0.29, 0.717) is 30.2 Å². The number of nitrogens with zero attached hydrogens (tertiary/aromatic N) is 2. The highest BCUT2D eigenvalue weighted by Gasteiger charge is 2.32. The van der Waals surface area contributed by atoms with Gasteiger partial charge in [0.15, 0.2) is 11.5 Å². The zero-order valence-electron chi connectivity index (χ0n) is 14.2. The molecule has 7 nitrogen and oxygen atoms in total. The van der Waals surface area contributed by atoms with Gasteiger partial charge in [-0.25, -0.2) is 4.98 Å². The van der Waals surface area contributed by atoms with Gasteiger partial charge in [0.1, 0.15) is 11.4 Å². The molecular weight excluding hydrogens is 334 g/mol. The van der Waals surface area contributed by atoms with Crippen LogP contribution in [0.1, 0.15) is 29.3 Å². The van der Waals surface area contributed by atoms with E-state index in [1.165, 1.54) is 0 Å². The third-order valence-electron chi connectivity index (χ3n) is 4.92. The minimum atomic E-state index is -0.200. The average Bonchev–Trinajstić information content (AvgIpc) is 3.23. The molecule has 2 aliphatic rings. The number of aromatic nitrogens is 2. The summed E-state index contributed by atoms with van der Waals surface area (Å²) in [7, 11) is 1.62. The molecule has 5 rings (SSSR count). The molecule has 0 radical (unpaired) electrons. The third-order valence-corrected chi connectivity index (χ3v) is 4.92. The molecule has 4 heterocycles. The van der Waals surface area contributed by atoms with Gasteiger partial charge in [-0.1, -0.05) is 6.07 Å². The van der Waals surface area contributed by atoms with E-state index in [9.17, 15) is 4.79 Å². The molecule has 0 spiro atoms. The van der Waals surface area contributed by atoms with E-state index >= 15 is 0 Å². The number of pyridine rings is 1. The standard InChI is InChI=1S/C19H17N3O4/c1-24-14-8-16-15(25-10-26-16)6-11(14)12-7-18(23)20-9-13-19(12)22-5-3-2-4-17(22)21-13/h2-6,8,12H,7,9-10H2,1H3,(H,20,23)/t12-/m1/s1. The molecule has 0 bridgehead atoms. The zero-order chi connectivity index (χ0) is 17.7. The smallest absolute Gasteiger partial charge is 0.231 e. The number of benzene rings is 1. The fraction of sp³-hybridized carbons (Fsp3) is 0.263. The summed E-state index contributed by atoms with van der Waals surface area (Å²) >= 11 is 0. The lowest BCUT2D eigenvalue weighted by atomic mass is 9.90. The SMILES string of the molecule is COc1cc2c(cc1[C@H]1CC(=O)NCc3nc4ccccn4c31)OCO2. The lowest BCUT2D eigenvalue weighted by Gasteiger charge is -2.19. The maximum absolute atomic E-state index is 12.4. The first-order valence-corrected chi connectivity index (χ1v) is 8.44. The first-order valence-electron chi connectivity index (χ1n) is 8.44. The van der Waals surface area contributed by atoms with Gasteiger partial charge >= 0.3 is 0 Å². The molecule has 1 N–H and O–H groups in total. The van der Waals surface area contributed by atoms with Crippen molar-refractivity contribution in [3.05, 3.63) is 53.5 Å². The molecular formula is C19H17N3O4. The lowest BCUT2D eigenvalue weighted by Crippen LogP contribution is -2.21. The zero-order valence-corrected chi connectivity index (χ0v) is 14.2. The molecule has 26 heavy (non-hydrogen) atoms. The Hall–Kier alpha value is -3.22. The number of hydrogen-bond acceptors (Lipinski definition) is 5. The lowest BCUT2D eigenvalue weighted by molar-refractivity contribution is -0.121. The van der Waals surface area contributed by atoms with Crippen LogP contribution in [0.4, 0.5) is 0 Å². The highest BCUT2D eigenvalue weighted by Crippen LogP contribution is 2.44. The van der Waals surface area contributed by atoms with Crippen LogP contribution in [0.3, 0.4) is 0 Å². The second-order valence-electron chi connectivity index (χ2n) is 6.35. The van der Waals surface area contributed by atoms with Crippen molar-refractivity contribution in [1.82, 2.24) is 14.7 Å². The van der Waals surface area contributed by atoms with Crippen molar-refractivity contribution in [2.45, 2.75) is 18.9 Å². The first-order chi connectivity index (χ1) is 12.7. The summed E-state index contributed by atoms with van der Waals surface area (Å²) in [5, 5.41) is 2.94. The number of imidazole rings is 1. The summed E-state index contributed by atoms with van der Waals surface area (Å²) in [6.07, 6.45) is 2.29. The van der Waals surface area contributed by atoms with Gasteiger partial charge < -0.3 is 23.9 Å². The Morgan fingerprint density at radius 3 is 2.96 bits per heavy atom. The monoisotopic (exact) mass is 351 g/mol. The third kappa shape index (κ3) is 2.20. The Balaban J connectivity index is 1.75. The van der Waals surface area contributed by atoms with Gasteiger partial charge in [0, 0.05) is 30.2 Å². The Morgan fingerprint density at radius 1 is 1.27 bits per heavy atom. The van der Waals surface area contributed by atoms with Crippen molar-refractivity contribution in [3.8, 4) is 17.2 Å². The Kier molecular flexibility index (Phi) is 3.28. The average molecular weight is 351 g/mol. The molecule has 0 saturated heterocycles. The molecule has 2 aromatic heterocycles. The number of hydrogen-bond donors (Lipinski definition) is 1. The molecule has 1 aromatic carbocycles. The molecule has 0 aliphatic carbocycles. The van der Waals surface area contributed by atoms with Gasteiger partial charge in [0.25, 0.3) is 0 Å². The summed E-state index contributed by atoms with van der Waals surface area (Å²) in [5.74, 6) is 1.78. The predicted octanol–water partition coefficient (Wildman–Crippen LogP) is 2.22. The van der Waals surface area contributed by atoms with E-state index in [2.05, 4.69) is 5.32 Å².